The monoisotopic (exact) mass is 126 g/mol. The van der Waals surface area contributed by atoms with Crippen LogP contribution in [0.2, 0.25) is 0 Å². The fraction of sp³-hybridized carbons (Fsp3) is 0. The molecule has 0 aliphatic rings. The number of thiocarbonyl (C=S) groups is 1. The van der Waals surface area contributed by atoms with E-state index < -0.39 is 0 Å². The number of hydrogen-bond donors (Lipinski definition) is 2. The van der Waals surface area contributed by atoms with Crippen molar-refractivity contribution in [3.05, 3.63) is 0 Å². The fourth-order valence-corrected chi connectivity index (χ4v) is 0. The van der Waals surface area contributed by atoms with Crippen molar-refractivity contribution >= 4 is 40.2 Å². The Bertz CT molecular complexity index is 32.6. The van der Waals surface area contributed by atoms with E-state index in [4.69, 9.17) is 5.11 Å². The lowest BCUT2D eigenvalue weighted by molar-refractivity contribution is 0.586. The maximum absolute atomic E-state index is 7.65. The van der Waals surface area contributed by atoms with Crippen LogP contribution in [0.5, 0.6) is 0 Å². The highest BCUT2D eigenvalue weighted by Crippen LogP contribution is 1.68. The summed E-state index contributed by atoms with van der Waals surface area (Å²) in [6, 6.07) is 0. The zero-order valence-corrected chi connectivity index (χ0v) is 3.51. The van der Waals surface area contributed by atoms with Crippen LogP contribution in [0.15, 0.2) is 0 Å². The predicted octanol–water partition coefficient (Wildman–Crippen LogP) is -0.693. The van der Waals surface area contributed by atoms with Crippen molar-refractivity contribution in [1.29, 1.82) is 0 Å². The molecule has 0 radical (unpaired) electrons. The van der Waals surface area contributed by atoms with Crippen LogP contribution in [0.3, 0.4) is 0 Å². The molecule has 5 heavy (non-hydrogen) atoms. The van der Waals surface area contributed by atoms with Gasteiger partial charge in [-0.1, -0.05) is 12.6 Å². The fourth-order valence-electron chi connectivity index (χ4n) is 0. The van der Waals surface area contributed by atoms with Crippen molar-refractivity contribution in [3.63, 3.8) is 0 Å². The first-order valence-corrected chi connectivity index (χ1v) is 1.51. The number of aliphatic hydroxyl groups excluding tert-OH is 1. The molecule has 0 aliphatic heterocycles. The number of hydrogen-bond acceptors (Lipinski definition) is 1. The zero-order valence-electron chi connectivity index (χ0n) is 1.80. The first-order chi connectivity index (χ1) is 1.73. The van der Waals surface area contributed by atoms with Gasteiger partial charge in [-0.3, -0.25) is 0 Å². The van der Waals surface area contributed by atoms with Crippen molar-refractivity contribution in [2.75, 3.05) is 0 Å². The van der Waals surface area contributed by atoms with Gasteiger partial charge in [-0.15, -0.1) is 0 Å². The molecule has 0 unspecified atom stereocenters. The molecule has 0 bridgehead atoms. The van der Waals surface area contributed by atoms with Gasteiger partial charge in [0.05, 0.1) is 0 Å². The van der Waals surface area contributed by atoms with Crippen LogP contribution in [-0.4, -0.2) is 20.5 Å². The average molecular weight is 126 g/mol. The standard InChI is InChI=1S/CH2OS2.H4Si/c2-1(3)4;/h(H2,2,3,4);1H4. The Balaban J connectivity index is 0. The Morgan fingerprint density at radius 2 is 1.80 bits per heavy atom. The highest BCUT2D eigenvalue weighted by molar-refractivity contribution is 8.10. The topological polar surface area (TPSA) is 20.2 Å². The quantitative estimate of drug-likeness (QED) is 0.254. The van der Waals surface area contributed by atoms with Gasteiger partial charge in [0.15, 0.2) is 0 Å². The molecular formula is CH6OS2Si. The molecule has 0 saturated carbocycles. The summed E-state index contributed by atoms with van der Waals surface area (Å²) in [5.74, 6) is 0. The second kappa shape index (κ2) is 4.46. The Hall–Kier alpha value is 0.457. The van der Waals surface area contributed by atoms with Gasteiger partial charge in [-0.2, -0.15) is 0 Å². The lowest BCUT2D eigenvalue weighted by Crippen LogP contribution is -1.66. The summed E-state index contributed by atoms with van der Waals surface area (Å²) < 4.78 is -0.306. The molecule has 32 valence electrons. The van der Waals surface area contributed by atoms with Gasteiger partial charge >= 0.3 is 0 Å². The van der Waals surface area contributed by atoms with E-state index in [9.17, 15) is 0 Å². The molecule has 0 heterocycles. The van der Waals surface area contributed by atoms with Crippen molar-refractivity contribution in [3.8, 4) is 0 Å². The van der Waals surface area contributed by atoms with Gasteiger partial charge < -0.3 is 5.11 Å². The van der Waals surface area contributed by atoms with Crippen LogP contribution in [0, 0.1) is 0 Å². The molecule has 0 spiro atoms. The van der Waals surface area contributed by atoms with E-state index in [-0.39, 0.29) is 15.3 Å². The normalized spacial score (nSPS) is 5.00. The Morgan fingerprint density at radius 1 is 1.80 bits per heavy atom. The van der Waals surface area contributed by atoms with Crippen molar-refractivity contribution in [2.45, 2.75) is 0 Å². The molecule has 0 amide bonds. The van der Waals surface area contributed by atoms with Crippen LogP contribution in [0.1, 0.15) is 0 Å². The second-order valence-electron chi connectivity index (χ2n) is 0.283. The molecule has 0 aromatic heterocycles. The molecule has 0 saturated heterocycles. The molecule has 0 atom stereocenters. The van der Waals surface area contributed by atoms with Gasteiger partial charge in [0.1, 0.15) is 0 Å². The first-order valence-electron chi connectivity index (χ1n) is 0.651. The van der Waals surface area contributed by atoms with E-state index in [0.29, 0.717) is 0 Å². The molecule has 1 N–H and O–H groups in total. The number of aliphatic hydroxyl groups is 1. The number of rotatable bonds is 0. The Morgan fingerprint density at radius 3 is 1.80 bits per heavy atom. The van der Waals surface area contributed by atoms with Crippen LogP contribution < -0.4 is 0 Å². The summed E-state index contributed by atoms with van der Waals surface area (Å²) in [4.78, 5) is 0. The summed E-state index contributed by atoms with van der Waals surface area (Å²) in [7, 11) is 0. The van der Waals surface area contributed by atoms with Crippen molar-refractivity contribution in [1.82, 2.24) is 0 Å². The molecule has 0 rings (SSSR count). The largest absolute Gasteiger partial charge is 0.494 e. The van der Waals surface area contributed by atoms with Gasteiger partial charge in [0.2, 0.25) is 4.38 Å². The lowest BCUT2D eigenvalue weighted by atomic mass is 11.7. The summed E-state index contributed by atoms with van der Waals surface area (Å²) in [6.07, 6.45) is 0. The van der Waals surface area contributed by atoms with Gasteiger partial charge in [0, 0.05) is 0 Å². The molecular weight excluding hydrogens is 120 g/mol. The van der Waals surface area contributed by atoms with Gasteiger partial charge in [0.25, 0.3) is 0 Å². The smallest absolute Gasteiger partial charge is 0.214 e. The second-order valence-corrected chi connectivity index (χ2v) is 1.40. The molecule has 0 aromatic rings. The van der Waals surface area contributed by atoms with E-state index in [1.165, 1.54) is 0 Å². The van der Waals surface area contributed by atoms with Crippen LogP contribution in [0.25, 0.3) is 0 Å². The van der Waals surface area contributed by atoms with Gasteiger partial charge in [-0.25, -0.2) is 0 Å². The highest BCUT2D eigenvalue weighted by atomic mass is 32.1. The third-order valence-electron chi connectivity index (χ3n) is 0. The molecule has 0 fully saturated rings. The highest BCUT2D eigenvalue weighted by Gasteiger charge is 1.59. The third kappa shape index (κ3) is 129. The molecule has 4 heteroatoms. The Labute approximate surface area is 45.8 Å². The third-order valence-corrected chi connectivity index (χ3v) is 0. The minimum absolute atomic E-state index is 0. The van der Waals surface area contributed by atoms with E-state index in [0.717, 1.165) is 0 Å². The number of thiol groups is 1. The van der Waals surface area contributed by atoms with Crippen LogP contribution >= 0.6 is 24.8 Å². The first kappa shape index (κ1) is 9.07. The van der Waals surface area contributed by atoms with Crippen molar-refractivity contribution < 1.29 is 5.11 Å². The van der Waals surface area contributed by atoms with Crippen LogP contribution in [-0.2, 0) is 0 Å². The average Bonchev–Trinajstić information content (AvgIpc) is 0.811. The minimum atomic E-state index is -0.306. The summed E-state index contributed by atoms with van der Waals surface area (Å²) >= 11 is 7.21. The molecule has 0 aliphatic carbocycles. The maximum atomic E-state index is 7.65. The van der Waals surface area contributed by atoms with Gasteiger partial charge in [-0.05, 0) is 23.2 Å². The lowest BCUT2D eigenvalue weighted by Gasteiger charge is -1.63. The predicted molar refractivity (Wildman–Crippen MR) is 35.5 cm³/mol. The molecule has 0 aromatic carbocycles. The zero-order chi connectivity index (χ0) is 3.58. The SMILES string of the molecule is OC(=S)S.[SiH4]. The minimum Gasteiger partial charge on any atom is -0.494 e. The van der Waals surface area contributed by atoms with E-state index >= 15 is 0 Å². The molecule has 1 nitrogen and oxygen atoms in total. The van der Waals surface area contributed by atoms with E-state index in [1.807, 2.05) is 0 Å². The summed E-state index contributed by atoms with van der Waals surface area (Å²) in [6.45, 7) is 0. The van der Waals surface area contributed by atoms with Crippen molar-refractivity contribution in [2.24, 2.45) is 0 Å². The summed E-state index contributed by atoms with van der Waals surface area (Å²) in [5.41, 5.74) is 0. The summed E-state index contributed by atoms with van der Waals surface area (Å²) in [5, 5.41) is 7.65. The van der Waals surface area contributed by atoms with E-state index in [1.54, 1.807) is 0 Å². The van der Waals surface area contributed by atoms with E-state index in [2.05, 4.69) is 24.8 Å². The Kier molecular flexibility index (Phi) is 8.09. The maximum Gasteiger partial charge on any atom is 0.214 e. The van der Waals surface area contributed by atoms with Crippen LogP contribution in [0.4, 0.5) is 0 Å².